The minimum absolute atomic E-state index is 0.136. The van der Waals surface area contributed by atoms with Crippen LogP contribution in [0.25, 0.3) is 0 Å². The number of fused-ring (bicyclic) bond motifs is 1. The van der Waals surface area contributed by atoms with E-state index in [-0.39, 0.29) is 18.2 Å². The maximum Gasteiger partial charge on any atom is 0.265 e. The van der Waals surface area contributed by atoms with Gasteiger partial charge in [0.1, 0.15) is 5.75 Å². The Kier molecular flexibility index (Phi) is 7.77. The zero-order valence-electron chi connectivity index (χ0n) is 21.2. The molecule has 2 aromatic carbocycles. The summed E-state index contributed by atoms with van der Waals surface area (Å²) in [4.78, 5) is 24.6. The van der Waals surface area contributed by atoms with E-state index in [0.29, 0.717) is 24.6 Å². The fourth-order valence-corrected chi connectivity index (χ4v) is 4.09. The molecule has 9 heteroatoms. The second-order valence-corrected chi connectivity index (χ2v) is 9.14. The molecule has 2 N–H and O–H groups in total. The molecule has 36 heavy (non-hydrogen) atoms. The van der Waals surface area contributed by atoms with E-state index >= 15 is 0 Å². The van der Waals surface area contributed by atoms with E-state index in [1.54, 1.807) is 4.68 Å². The van der Waals surface area contributed by atoms with E-state index in [9.17, 15) is 9.59 Å². The monoisotopic (exact) mass is 488 g/mol. The number of benzene rings is 2. The molecule has 0 radical (unpaired) electrons. The number of anilines is 2. The summed E-state index contributed by atoms with van der Waals surface area (Å²) in [7, 11) is 0. The van der Waals surface area contributed by atoms with Crippen molar-refractivity contribution in [3.05, 3.63) is 65.0 Å². The Labute approximate surface area is 211 Å². The smallest absolute Gasteiger partial charge is 0.265 e. The standard InChI is InChI=1S/C27H32N6O3/c1-5-22(36-23-14-9-17(2)15-18(23)3)26(35)28-21-12-10-20(11-13-21)7-6-8-24-30-31-27-29-25(34)16-19(4)32-33(24)27/h9-15,22H,5-8,16H2,1-4H3,(H,28,35)(H,29,31,34). The Bertz CT molecular complexity index is 1280. The first-order valence-corrected chi connectivity index (χ1v) is 12.2. The summed E-state index contributed by atoms with van der Waals surface area (Å²) in [6, 6.07) is 13.8. The number of rotatable bonds is 9. The maximum atomic E-state index is 12.8. The number of carbonyl (C=O) groups is 2. The number of aromatic nitrogens is 3. The highest BCUT2D eigenvalue weighted by molar-refractivity contribution is 6.05. The van der Waals surface area contributed by atoms with Gasteiger partial charge in [0.15, 0.2) is 11.9 Å². The van der Waals surface area contributed by atoms with Gasteiger partial charge in [-0.15, -0.1) is 10.2 Å². The average molecular weight is 489 g/mol. The number of hydrogen-bond donors (Lipinski definition) is 2. The zero-order valence-corrected chi connectivity index (χ0v) is 21.2. The van der Waals surface area contributed by atoms with Gasteiger partial charge in [0.2, 0.25) is 5.91 Å². The third-order valence-electron chi connectivity index (χ3n) is 5.99. The first-order valence-electron chi connectivity index (χ1n) is 12.2. The average Bonchev–Trinajstić information content (AvgIpc) is 3.12. The molecule has 0 fully saturated rings. The van der Waals surface area contributed by atoms with Crippen molar-refractivity contribution in [2.45, 2.75) is 65.9 Å². The van der Waals surface area contributed by atoms with Gasteiger partial charge >= 0.3 is 0 Å². The summed E-state index contributed by atoms with van der Waals surface area (Å²) in [5.41, 5.74) is 4.77. The molecular weight excluding hydrogens is 456 g/mol. The van der Waals surface area contributed by atoms with Crippen LogP contribution in [0.3, 0.4) is 0 Å². The van der Waals surface area contributed by atoms with Crippen LogP contribution >= 0.6 is 0 Å². The fourth-order valence-electron chi connectivity index (χ4n) is 4.09. The van der Waals surface area contributed by atoms with Crippen LogP contribution in [0, 0.1) is 13.8 Å². The van der Waals surface area contributed by atoms with E-state index in [1.165, 1.54) is 0 Å². The molecule has 1 unspecified atom stereocenters. The first-order chi connectivity index (χ1) is 17.3. The lowest BCUT2D eigenvalue weighted by Crippen LogP contribution is -2.32. The van der Waals surface area contributed by atoms with Crippen molar-refractivity contribution < 1.29 is 14.3 Å². The SMILES string of the molecule is CCC(Oc1ccc(C)cc1C)C(=O)Nc1ccc(CCCc2nnc3n2N=C(C)CC(=O)N3)cc1. The van der Waals surface area contributed by atoms with Crippen molar-refractivity contribution in [2.24, 2.45) is 5.10 Å². The summed E-state index contributed by atoms with van der Waals surface area (Å²) in [5, 5.41) is 18.4. The van der Waals surface area contributed by atoms with Crippen molar-refractivity contribution in [2.75, 3.05) is 10.6 Å². The third-order valence-corrected chi connectivity index (χ3v) is 5.99. The van der Waals surface area contributed by atoms with Crippen molar-refractivity contribution >= 4 is 29.2 Å². The van der Waals surface area contributed by atoms with Gasteiger partial charge in [-0.05, 0) is 69.4 Å². The summed E-state index contributed by atoms with van der Waals surface area (Å²) < 4.78 is 7.61. The zero-order chi connectivity index (χ0) is 25.7. The molecule has 4 rings (SSSR count). The summed E-state index contributed by atoms with van der Waals surface area (Å²) >= 11 is 0. The van der Waals surface area contributed by atoms with Gasteiger partial charge in [-0.1, -0.05) is 36.8 Å². The van der Waals surface area contributed by atoms with Crippen LogP contribution in [0.15, 0.2) is 47.6 Å². The molecular formula is C27H32N6O3. The molecule has 3 aromatic rings. The number of nitrogens with zero attached hydrogens (tertiary/aromatic N) is 4. The van der Waals surface area contributed by atoms with Gasteiger partial charge in [-0.25, -0.2) is 0 Å². The van der Waals surface area contributed by atoms with Crippen molar-refractivity contribution in [1.29, 1.82) is 0 Å². The van der Waals surface area contributed by atoms with Crippen molar-refractivity contribution in [3.8, 4) is 5.75 Å². The van der Waals surface area contributed by atoms with Crippen LogP contribution in [0.2, 0.25) is 0 Å². The Balaban J connectivity index is 1.30. The highest BCUT2D eigenvalue weighted by Gasteiger charge is 2.20. The molecule has 188 valence electrons. The van der Waals surface area contributed by atoms with Gasteiger partial charge in [0.05, 0.1) is 6.42 Å². The Morgan fingerprint density at radius 1 is 1.11 bits per heavy atom. The number of amides is 2. The van der Waals surface area contributed by atoms with Crippen molar-refractivity contribution in [1.82, 2.24) is 14.9 Å². The van der Waals surface area contributed by atoms with E-state index < -0.39 is 6.10 Å². The molecule has 1 aliphatic heterocycles. The molecule has 9 nitrogen and oxygen atoms in total. The molecule has 0 saturated carbocycles. The number of hydrogen-bond acceptors (Lipinski definition) is 6. The lowest BCUT2D eigenvalue weighted by molar-refractivity contribution is -0.122. The first kappa shape index (κ1) is 25.1. The van der Waals surface area contributed by atoms with Gasteiger partial charge in [-0.2, -0.15) is 9.78 Å². The van der Waals surface area contributed by atoms with Crippen LogP contribution in [0.1, 0.15) is 55.6 Å². The van der Waals surface area contributed by atoms with Crippen LogP contribution < -0.4 is 15.4 Å². The molecule has 2 amide bonds. The lowest BCUT2D eigenvalue weighted by Gasteiger charge is -2.19. The molecule has 0 saturated heterocycles. The maximum absolute atomic E-state index is 12.8. The number of nitrogens with one attached hydrogen (secondary N) is 2. The predicted octanol–water partition coefficient (Wildman–Crippen LogP) is 4.43. The summed E-state index contributed by atoms with van der Waals surface area (Å²) in [5.74, 6) is 1.50. The molecule has 1 atom stereocenters. The highest BCUT2D eigenvalue weighted by atomic mass is 16.5. The summed E-state index contributed by atoms with van der Waals surface area (Å²) in [6.07, 6.45) is 2.60. The minimum atomic E-state index is -0.569. The largest absolute Gasteiger partial charge is 0.480 e. The second kappa shape index (κ2) is 11.2. The van der Waals surface area contributed by atoms with Gasteiger partial charge in [-0.3, -0.25) is 14.9 Å². The van der Waals surface area contributed by atoms with Crippen molar-refractivity contribution in [3.63, 3.8) is 0 Å². The summed E-state index contributed by atoms with van der Waals surface area (Å²) in [6.45, 7) is 7.77. The second-order valence-electron chi connectivity index (χ2n) is 9.14. The van der Waals surface area contributed by atoms with Crippen LogP contribution in [-0.4, -0.2) is 38.5 Å². The molecule has 0 bridgehead atoms. The third kappa shape index (κ3) is 6.16. The van der Waals surface area contributed by atoms with Gasteiger partial charge in [0, 0.05) is 17.8 Å². The Hall–Kier alpha value is -4.01. The number of carbonyl (C=O) groups excluding carboxylic acids is 2. The van der Waals surface area contributed by atoms with E-state index in [0.717, 1.165) is 46.7 Å². The van der Waals surface area contributed by atoms with Crippen LogP contribution in [0.5, 0.6) is 5.75 Å². The van der Waals surface area contributed by atoms with Crippen LogP contribution in [-0.2, 0) is 22.4 Å². The molecule has 1 aromatic heterocycles. The van der Waals surface area contributed by atoms with E-state index in [2.05, 4.69) is 25.9 Å². The van der Waals surface area contributed by atoms with Gasteiger partial charge in [0.25, 0.3) is 11.9 Å². The molecule has 0 aliphatic carbocycles. The van der Waals surface area contributed by atoms with E-state index in [4.69, 9.17) is 4.74 Å². The topological polar surface area (TPSA) is 110 Å². The van der Waals surface area contributed by atoms with Crippen LogP contribution in [0.4, 0.5) is 11.6 Å². The quantitative estimate of drug-likeness (QED) is 0.463. The fraction of sp³-hybridized carbons (Fsp3) is 0.370. The predicted molar refractivity (Wildman–Crippen MR) is 139 cm³/mol. The highest BCUT2D eigenvalue weighted by Crippen LogP contribution is 2.22. The lowest BCUT2D eigenvalue weighted by atomic mass is 10.1. The molecule has 1 aliphatic rings. The number of aryl methyl sites for hydroxylation is 4. The Morgan fingerprint density at radius 2 is 1.89 bits per heavy atom. The minimum Gasteiger partial charge on any atom is -0.480 e. The molecule has 2 heterocycles. The normalized spacial score (nSPS) is 13.8. The number of ether oxygens (including phenoxy) is 1. The van der Waals surface area contributed by atoms with Gasteiger partial charge < -0.3 is 10.1 Å². The molecule has 0 spiro atoms. The van der Waals surface area contributed by atoms with E-state index in [1.807, 2.05) is 70.2 Å². The Morgan fingerprint density at radius 3 is 2.61 bits per heavy atom.